The number of hydrogen-bond donors (Lipinski definition) is 1. The van der Waals surface area contributed by atoms with E-state index in [-0.39, 0.29) is 5.54 Å². The van der Waals surface area contributed by atoms with Gasteiger partial charge in [-0.25, -0.2) is 9.97 Å². The van der Waals surface area contributed by atoms with Gasteiger partial charge in [0.1, 0.15) is 12.1 Å². The van der Waals surface area contributed by atoms with E-state index in [2.05, 4.69) is 29.1 Å². The Morgan fingerprint density at radius 1 is 1.43 bits per heavy atom. The van der Waals surface area contributed by atoms with Gasteiger partial charge >= 0.3 is 0 Å². The van der Waals surface area contributed by atoms with E-state index in [0.717, 1.165) is 17.9 Å². The average molecular weight is 214 g/mol. The van der Waals surface area contributed by atoms with Crippen molar-refractivity contribution < 1.29 is 0 Å². The molecule has 0 fully saturated rings. The Bertz CT molecular complexity index is 299. The second kappa shape index (κ2) is 4.60. The molecule has 0 saturated heterocycles. The summed E-state index contributed by atoms with van der Waals surface area (Å²) in [4.78, 5) is 8.18. The van der Waals surface area contributed by atoms with Crippen molar-refractivity contribution in [2.24, 2.45) is 0 Å². The lowest BCUT2D eigenvalue weighted by Crippen LogP contribution is -2.31. The lowest BCUT2D eigenvalue weighted by atomic mass is 10.0. The maximum absolute atomic E-state index is 5.71. The van der Waals surface area contributed by atoms with Crippen molar-refractivity contribution in [1.82, 2.24) is 9.97 Å². The van der Waals surface area contributed by atoms with Crippen molar-refractivity contribution in [2.75, 3.05) is 11.2 Å². The Hall–Kier alpha value is -0.830. The van der Waals surface area contributed by atoms with Gasteiger partial charge in [0.05, 0.1) is 0 Å². The largest absolute Gasteiger partial charge is 0.365 e. The van der Waals surface area contributed by atoms with Crippen LogP contribution in [-0.4, -0.2) is 21.4 Å². The maximum Gasteiger partial charge on any atom is 0.129 e. The highest BCUT2D eigenvalue weighted by Crippen LogP contribution is 2.16. The number of nitrogens with one attached hydrogen (secondary N) is 1. The molecule has 0 atom stereocenters. The van der Waals surface area contributed by atoms with Crippen LogP contribution in [-0.2, 0) is 0 Å². The fourth-order valence-corrected chi connectivity index (χ4v) is 1.64. The van der Waals surface area contributed by atoms with E-state index < -0.39 is 0 Å². The number of nitrogens with zero attached hydrogens (tertiary/aromatic N) is 2. The standard InChI is InChI=1S/C10H16ClN3/c1-8-6-9(13-7-12-8)14-10(2,3)4-5-11/h6-7H,4-5H2,1-3H3,(H,12,13,14). The Morgan fingerprint density at radius 3 is 2.71 bits per heavy atom. The summed E-state index contributed by atoms with van der Waals surface area (Å²) in [7, 11) is 0. The Morgan fingerprint density at radius 2 is 2.14 bits per heavy atom. The zero-order chi connectivity index (χ0) is 10.6. The topological polar surface area (TPSA) is 37.8 Å². The molecule has 0 aromatic carbocycles. The predicted molar refractivity (Wildman–Crippen MR) is 59.8 cm³/mol. The Balaban J connectivity index is 2.68. The molecule has 0 spiro atoms. The van der Waals surface area contributed by atoms with Crippen molar-refractivity contribution in [2.45, 2.75) is 32.7 Å². The smallest absolute Gasteiger partial charge is 0.129 e. The van der Waals surface area contributed by atoms with E-state index in [1.165, 1.54) is 0 Å². The molecule has 0 aliphatic rings. The molecule has 0 aliphatic carbocycles. The third kappa shape index (κ3) is 3.50. The zero-order valence-corrected chi connectivity index (χ0v) is 9.60. The summed E-state index contributed by atoms with van der Waals surface area (Å²) in [6.07, 6.45) is 2.46. The van der Waals surface area contributed by atoms with E-state index in [0.29, 0.717) is 5.88 Å². The van der Waals surface area contributed by atoms with Crippen LogP contribution in [0.25, 0.3) is 0 Å². The minimum absolute atomic E-state index is 0.0253. The van der Waals surface area contributed by atoms with Gasteiger partial charge in [-0.3, -0.25) is 0 Å². The first-order chi connectivity index (χ1) is 6.53. The summed E-state index contributed by atoms with van der Waals surface area (Å²) in [6.45, 7) is 6.15. The third-order valence-electron chi connectivity index (χ3n) is 1.99. The number of aromatic nitrogens is 2. The minimum Gasteiger partial charge on any atom is -0.365 e. The molecule has 78 valence electrons. The summed E-state index contributed by atoms with van der Waals surface area (Å²) in [5.41, 5.74) is 0.937. The van der Waals surface area contributed by atoms with E-state index in [1.807, 2.05) is 13.0 Å². The van der Waals surface area contributed by atoms with Crippen LogP contribution in [0.4, 0.5) is 5.82 Å². The molecule has 1 aromatic heterocycles. The summed E-state index contributed by atoms with van der Waals surface area (Å²) < 4.78 is 0. The van der Waals surface area contributed by atoms with Crippen molar-refractivity contribution in [3.05, 3.63) is 18.1 Å². The molecule has 0 amide bonds. The molecule has 0 aliphatic heterocycles. The molecule has 4 heteroatoms. The molecule has 3 nitrogen and oxygen atoms in total. The van der Waals surface area contributed by atoms with Gasteiger partial charge in [0.2, 0.25) is 0 Å². The highest BCUT2D eigenvalue weighted by Gasteiger charge is 2.16. The second-order valence-electron chi connectivity index (χ2n) is 3.99. The number of halogens is 1. The summed E-state index contributed by atoms with van der Waals surface area (Å²) in [5, 5.41) is 3.32. The number of rotatable bonds is 4. The van der Waals surface area contributed by atoms with E-state index in [1.54, 1.807) is 6.33 Å². The van der Waals surface area contributed by atoms with Gasteiger partial charge < -0.3 is 5.32 Å². The highest BCUT2D eigenvalue weighted by molar-refractivity contribution is 6.17. The molecule has 1 aromatic rings. The van der Waals surface area contributed by atoms with Crippen LogP contribution in [0.5, 0.6) is 0 Å². The molecule has 0 unspecified atom stereocenters. The van der Waals surface area contributed by atoms with Gasteiger partial charge in [-0.1, -0.05) is 0 Å². The van der Waals surface area contributed by atoms with Crippen molar-refractivity contribution >= 4 is 17.4 Å². The normalized spacial score (nSPS) is 11.4. The number of anilines is 1. The average Bonchev–Trinajstić information content (AvgIpc) is 2.02. The molecule has 14 heavy (non-hydrogen) atoms. The Kier molecular flexibility index (Phi) is 3.69. The molecule has 0 saturated carbocycles. The van der Waals surface area contributed by atoms with Gasteiger partial charge in [-0.05, 0) is 27.2 Å². The predicted octanol–water partition coefficient (Wildman–Crippen LogP) is 2.60. The lowest BCUT2D eigenvalue weighted by Gasteiger charge is -2.25. The Labute approximate surface area is 89.9 Å². The molecular formula is C10H16ClN3. The molecule has 0 bridgehead atoms. The first-order valence-electron chi connectivity index (χ1n) is 4.66. The molecule has 1 N–H and O–H groups in total. The van der Waals surface area contributed by atoms with Crippen LogP contribution in [0.1, 0.15) is 26.0 Å². The first kappa shape index (κ1) is 11.2. The van der Waals surface area contributed by atoms with Gasteiger partial charge in [0.25, 0.3) is 0 Å². The van der Waals surface area contributed by atoms with E-state index in [9.17, 15) is 0 Å². The van der Waals surface area contributed by atoms with Crippen molar-refractivity contribution in [1.29, 1.82) is 0 Å². The van der Waals surface area contributed by atoms with Crippen LogP contribution in [0.2, 0.25) is 0 Å². The monoisotopic (exact) mass is 213 g/mol. The number of alkyl halides is 1. The van der Waals surface area contributed by atoms with Crippen molar-refractivity contribution in [3.63, 3.8) is 0 Å². The fraction of sp³-hybridized carbons (Fsp3) is 0.600. The maximum atomic E-state index is 5.71. The fourth-order valence-electron chi connectivity index (χ4n) is 1.17. The van der Waals surface area contributed by atoms with Crippen LogP contribution >= 0.6 is 11.6 Å². The second-order valence-corrected chi connectivity index (χ2v) is 4.37. The van der Waals surface area contributed by atoms with E-state index >= 15 is 0 Å². The SMILES string of the molecule is Cc1cc(NC(C)(C)CCCl)ncn1. The van der Waals surface area contributed by atoms with Crippen LogP contribution in [0, 0.1) is 6.92 Å². The number of aryl methyl sites for hydroxylation is 1. The first-order valence-corrected chi connectivity index (χ1v) is 5.20. The number of hydrogen-bond acceptors (Lipinski definition) is 3. The van der Waals surface area contributed by atoms with Gasteiger partial charge in [0, 0.05) is 23.2 Å². The van der Waals surface area contributed by atoms with Gasteiger partial charge in [-0.2, -0.15) is 0 Å². The van der Waals surface area contributed by atoms with Crippen molar-refractivity contribution in [3.8, 4) is 0 Å². The summed E-state index contributed by atoms with van der Waals surface area (Å²) in [6, 6.07) is 1.93. The lowest BCUT2D eigenvalue weighted by molar-refractivity contribution is 0.548. The summed E-state index contributed by atoms with van der Waals surface area (Å²) in [5.74, 6) is 1.50. The highest BCUT2D eigenvalue weighted by atomic mass is 35.5. The molecular weight excluding hydrogens is 198 g/mol. The van der Waals surface area contributed by atoms with E-state index in [4.69, 9.17) is 11.6 Å². The summed E-state index contributed by atoms with van der Waals surface area (Å²) >= 11 is 5.71. The molecule has 1 rings (SSSR count). The van der Waals surface area contributed by atoms with Crippen LogP contribution in [0.15, 0.2) is 12.4 Å². The van der Waals surface area contributed by atoms with Crippen LogP contribution in [0.3, 0.4) is 0 Å². The third-order valence-corrected chi connectivity index (χ3v) is 2.18. The zero-order valence-electron chi connectivity index (χ0n) is 8.84. The molecule has 1 heterocycles. The molecule has 0 radical (unpaired) electrons. The minimum atomic E-state index is -0.0253. The van der Waals surface area contributed by atoms with Gasteiger partial charge in [-0.15, -0.1) is 11.6 Å². The quantitative estimate of drug-likeness (QED) is 0.782. The van der Waals surface area contributed by atoms with Gasteiger partial charge in [0.15, 0.2) is 0 Å². The van der Waals surface area contributed by atoms with Crippen LogP contribution < -0.4 is 5.32 Å².